The Hall–Kier alpha value is -2.44. The average Bonchev–Trinajstić information content (AvgIpc) is 2.68. The largest absolute Gasteiger partial charge is 0.481 e. The van der Waals surface area contributed by atoms with Gasteiger partial charge in [-0.25, -0.2) is 0 Å². The number of unbranched alkanes of at least 4 members (excludes halogenated alkanes) is 1. The maximum absolute atomic E-state index is 10.8. The monoisotopic (exact) mass is 362 g/mol. The number of carboxylic acid groups (broad SMARTS) is 1. The summed E-state index contributed by atoms with van der Waals surface area (Å²) in [7, 11) is -0.616. The molecule has 1 N–H and O–H groups in total. The molecule has 3 heteroatoms. The van der Waals surface area contributed by atoms with Crippen molar-refractivity contribution >= 4 is 29.8 Å². The normalized spacial score (nSPS) is 10.8. The van der Waals surface area contributed by atoms with Crippen molar-refractivity contribution in [1.82, 2.24) is 0 Å². The summed E-state index contributed by atoms with van der Waals surface area (Å²) in [5.74, 6) is -0.714. The Balaban J connectivity index is 1.93. The lowest BCUT2D eigenvalue weighted by Gasteiger charge is -2.22. The second kappa shape index (κ2) is 9.31. The van der Waals surface area contributed by atoms with Crippen molar-refractivity contribution in [3.05, 3.63) is 90.5 Å². The van der Waals surface area contributed by atoms with Crippen LogP contribution in [0.1, 0.15) is 24.8 Å². The number of hydrogen-bond acceptors (Lipinski definition) is 1. The summed E-state index contributed by atoms with van der Waals surface area (Å²) < 4.78 is 0. The van der Waals surface area contributed by atoms with Gasteiger partial charge in [0.05, 0.1) is 0 Å². The maximum atomic E-state index is 10.8. The van der Waals surface area contributed by atoms with Gasteiger partial charge >= 0.3 is 5.97 Å². The Kier molecular flexibility index (Phi) is 6.57. The summed E-state index contributed by atoms with van der Waals surface area (Å²) in [6, 6.07) is 30.0. The number of benzene rings is 3. The van der Waals surface area contributed by atoms with Crippen LogP contribution in [0.2, 0.25) is 0 Å². The van der Waals surface area contributed by atoms with Crippen LogP contribution in [0.25, 0.3) is 0 Å². The van der Waals surface area contributed by atoms with Crippen molar-refractivity contribution in [3.63, 3.8) is 0 Å². The summed E-state index contributed by atoms with van der Waals surface area (Å²) in [6.07, 6.45) is 2.78. The summed E-state index contributed by atoms with van der Waals surface area (Å²) in [5, 5.41) is 12.9. The lowest BCUT2D eigenvalue weighted by molar-refractivity contribution is -0.137. The number of carboxylic acids is 1. The molecule has 0 aliphatic carbocycles. The molecule has 132 valence electrons. The van der Waals surface area contributed by atoms with E-state index in [0.29, 0.717) is 0 Å². The lowest BCUT2D eigenvalue weighted by Crippen LogP contribution is -2.23. The molecule has 0 saturated heterocycles. The van der Waals surface area contributed by atoms with Gasteiger partial charge in [0.2, 0.25) is 0 Å². The van der Waals surface area contributed by atoms with Gasteiger partial charge in [-0.05, 0) is 48.7 Å². The van der Waals surface area contributed by atoms with E-state index in [1.807, 2.05) is 0 Å². The fraction of sp³-hybridized carbons (Fsp3) is 0.174. The topological polar surface area (TPSA) is 37.3 Å². The molecule has 0 radical (unpaired) electrons. The van der Waals surface area contributed by atoms with E-state index in [1.54, 1.807) is 0 Å². The molecule has 26 heavy (non-hydrogen) atoms. The Morgan fingerprint density at radius 1 is 0.731 bits per heavy atom. The standard InChI is InChI=1S/C23H23O2P/c24-23(25)18-10-8-12-19-11-7-9-17-22(19)26(20-13-3-1-4-14-20)21-15-5-2-6-16-21/h1-7,9,11,13-17H,8,10,12,18H2,(H,24,25). The highest BCUT2D eigenvalue weighted by molar-refractivity contribution is 7.79. The van der Waals surface area contributed by atoms with Crippen LogP contribution in [0.5, 0.6) is 0 Å². The molecular weight excluding hydrogens is 339 g/mol. The molecule has 0 amide bonds. The Labute approximate surface area is 156 Å². The van der Waals surface area contributed by atoms with Crippen molar-refractivity contribution in [1.29, 1.82) is 0 Å². The number of aryl methyl sites for hydroxylation is 1. The molecule has 0 saturated carbocycles. The molecule has 0 aliphatic rings. The summed E-state index contributed by atoms with van der Waals surface area (Å²) >= 11 is 0. The summed E-state index contributed by atoms with van der Waals surface area (Å²) in [4.78, 5) is 10.8. The van der Waals surface area contributed by atoms with Crippen LogP contribution in [0.3, 0.4) is 0 Å². The average molecular weight is 362 g/mol. The molecule has 3 aromatic rings. The van der Waals surface area contributed by atoms with Gasteiger partial charge in [-0.2, -0.15) is 0 Å². The Morgan fingerprint density at radius 2 is 1.27 bits per heavy atom. The van der Waals surface area contributed by atoms with Crippen LogP contribution in [0.4, 0.5) is 0 Å². The minimum absolute atomic E-state index is 0.244. The van der Waals surface area contributed by atoms with Gasteiger partial charge in [0, 0.05) is 6.42 Å². The lowest BCUT2D eigenvalue weighted by atomic mass is 10.1. The van der Waals surface area contributed by atoms with Gasteiger partial charge in [0.1, 0.15) is 0 Å². The molecule has 2 nitrogen and oxygen atoms in total. The van der Waals surface area contributed by atoms with Crippen molar-refractivity contribution < 1.29 is 9.90 Å². The Morgan fingerprint density at radius 3 is 1.85 bits per heavy atom. The van der Waals surface area contributed by atoms with Crippen LogP contribution in [0, 0.1) is 0 Å². The molecule has 0 aromatic heterocycles. The molecule has 0 fully saturated rings. The minimum Gasteiger partial charge on any atom is -0.481 e. The predicted molar refractivity (Wildman–Crippen MR) is 110 cm³/mol. The van der Waals surface area contributed by atoms with E-state index in [-0.39, 0.29) is 6.42 Å². The van der Waals surface area contributed by atoms with Gasteiger partial charge in [-0.15, -0.1) is 0 Å². The Bertz CT molecular complexity index is 792. The summed E-state index contributed by atoms with van der Waals surface area (Å²) in [5.41, 5.74) is 1.33. The SMILES string of the molecule is O=C(O)CCCCc1ccccc1P(c1ccccc1)c1ccccc1. The van der Waals surface area contributed by atoms with Gasteiger partial charge in [0.15, 0.2) is 0 Å². The molecule has 3 rings (SSSR count). The van der Waals surface area contributed by atoms with Crippen LogP contribution in [0.15, 0.2) is 84.9 Å². The van der Waals surface area contributed by atoms with Crippen LogP contribution in [-0.4, -0.2) is 11.1 Å². The molecule has 0 heterocycles. The number of aliphatic carboxylic acids is 1. The molecule has 3 aromatic carbocycles. The van der Waals surface area contributed by atoms with Gasteiger partial charge in [-0.1, -0.05) is 84.9 Å². The molecule has 0 bridgehead atoms. The molecule has 0 spiro atoms. The second-order valence-electron chi connectivity index (χ2n) is 6.24. The second-order valence-corrected chi connectivity index (χ2v) is 8.42. The number of hydrogen-bond donors (Lipinski definition) is 1. The molecular formula is C23H23O2P. The third kappa shape index (κ3) is 4.80. The highest BCUT2D eigenvalue weighted by atomic mass is 31.1. The predicted octanol–water partition coefficient (Wildman–Crippen LogP) is 4.24. The van der Waals surface area contributed by atoms with E-state index in [9.17, 15) is 4.79 Å². The molecule has 0 unspecified atom stereocenters. The van der Waals surface area contributed by atoms with Crippen LogP contribution >= 0.6 is 7.92 Å². The third-order valence-electron chi connectivity index (χ3n) is 4.35. The van der Waals surface area contributed by atoms with Gasteiger partial charge in [-0.3, -0.25) is 4.79 Å². The fourth-order valence-electron chi connectivity index (χ4n) is 3.11. The van der Waals surface area contributed by atoms with Crippen molar-refractivity contribution in [2.24, 2.45) is 0 Å². The van der Waals surface area contributed by atoms with Crippen molar-refractivity contribution in [2.75, 3.05) is 0 Å². The smallest absolute Gasteiger partial charge is 0.303 e. The zero-order valence-corrected chi connectivity index (χ0v) is 15.6. The van der Waals surface area contributed by atoms with E-state index in [4.69, 9.17) is 5.11 Å². The number of carbonyl (C=O) groups is 1. The first-order valence-electron chi connectivity index (χ1n) is 8.95. The maximum Gasteiger partial charge on any atom is 0.303 e. The van der Waals surface area contributed by atoms with E-state index >= 15 is 0 Å². The van der Waals surface area contributed by atoms with E-state index in [1.165, 1.54) is 21.5 Å². The van der Waals surface area contributed by atoms with E-state index in [2.05, 4.69) is 84.9 Å². The first-order chi connectivity index (χ1) is 12.8. The van der Waals surface area contributed by atoms with Gasteiger partial charge in [0.25, 0.3) is 0 Å². The summed E-state index contributed by atoms with van der Waals surface area (Å²) in [6.45, 7) is 0. The quantitative estimate of drug-likeness (QED) is 0.481. The number of rotatable bonds is 8. The van der Waals surface area contributed by atoms with Crippen LogP contribution < -0.4 is 15.9 Å². The zero-order valence-electron chi connectivity index (χ0n) is 14.7. The molecule has 0 atom stereocenters. The first kappa shape index (κ1) is 18.4. The minimum atomic E-state index is -0.714. The fourth-order valence-corrected chi connectivity index (χ4v) is 5.62. The van der Waals surface area contributed by atoms with Gasteiger partial charge < -0.3 is 5.11 Å². The zero-order chi connectivity index (χ0) is 18.2. The highest BCUT2D eigenvalue weighted by Crippen LogP contribution is 2.34. The van der Waals surface area contributed by atoms with Crippen molar-refractivity contribution in [2.45, 2.75) is 25.7 Å². The van der Waals surface area contributed by atoms with E-state index < -0.39 is 13.9 Å². The van der Waals surface area contributed by atoms with Crippen molar-refractivity contribution in [3.8, 4) is 0 Å². The third-order valence-corrected chi connectivity index (χ3v) is 6.90. The molecule has 0 aliphatic heterocycles. The van der Waals surface area contributed by atoms with Crippen LogP contribution in [-0.2, 0) is 11.2 Å². The highest BCUT2D eigenvalue weighted by Gasteiger charge is 2.18. The van der Waals surface area contributed by atoms with E-state index in [0.717, 1.165) is 19.3 Å². The first-order valence-corrected chi connectivity index (χ1v) is 10.3.